The van der Waals surface area contributed by atoms with Crippen molar-refractivity contribution in [3.63, 3.8) is 0 Å². The normalized spacial score (nSPS) is 16.4. The molecule has 2 aromatic heterocycles. The molecular weight excluding hydrogens is 364 g/mol. The fraction of sp³-hybridized carbons (Fsp3) is 0.261. The van der Waals surface area contributed by atoms with Crippen molar-refractivity contribution in [1.29, 1.82) is 0 Å². The molecule has 0 aliphatic carbocycles. The molecule has 6 heteroatoms. The average Bonchev–Trinajstić information content (AvgIpc) is 3.44. The van der Waals surface area contributed by atoms with Crippen LogP contribution < -0.4 is 5.32 Å². The van der Waals surface area contributed by atoms with E-state index in [0.29, 0.717) is 18.3 Å². The first kappa shape index (κ1) is 17.8. The van der Waals surface area contributed by atoms with E-state index in [9.17, 15) is 0 Å². The third-order valence-corrected chi connectivity index (χ3v) is 5.18. The zero-order valence-corrected chi connectivity index (χ0v) is 16.3. The summed E-state index contributed by atoms with van der Waals surface area (Å²) >= 11 is 0. The van der Waals surface area contributed by atoms with Crippen molar-refractivity contribution in [2.75, 3.05) is 18.5 Å². The summed E-state index contributed by atoms with van der Waals surface area (Å²) in [5, 5.41) is 8.74. The van der Waals surface area contributed by atoms with Crippen LogP contribution in [0.1, 0.15) is 18.4 Å². The molecule has 5 rings (SSSR count). The Morgan fingerprint density at radius 3 is 2.79 bits per heavy atom. The van der Waals surface area contributed by atoms with E-state index in [1.165, 1.54) is 5.56 Å². The molecule has 0 bridgehead atoms. The van der Waals surface area contributed by atoms with Crippen molar-refractivity contribution in [3.05, 3.63) is 60.2 Å². The average molecular weight is 386 g/mol. The number of nitrogens with one attached hydrogen (secondary N) is 1. The van der Waals surface area contributed by atoms with Crippen LogP contribution in [0.25, 0.3) is 33.7 Å². The van der Waals surface area contributed by atoms with Crippen molar-refractivity contribution >= 4 is 16.7 Å². The topological polar surface area (TPSA) is 73.1 Å². The van der Waals surface area contributed by atoms with Gasteiger partial charge in [-0.2, -0.15) is 4.98 Å². The van der Waals surface area contributed by atoms with Gasteiger partial charge in [-0.05, 0) is 50.1 Å². The molecule has 0 saturated carbocycles. The summed E-state index contributed by atoms with van der Waals surface area (Å²) in [6.07, 6.45) is 2.38. The summed E-state index contributed by atoms with van der Waals surface area (Å²) < 4.78 is 11.3. The highest BCUT2D eigenvalue weighted by Gasteiger charge is 2.19. The van der Waals surface area contributed by atoms with E-state index in [-0.39, 0.29) is 6.10 Å². The summed E-state index contributed by atoms with van der Waals surface area (Å²) in [5.41, 5.74) is 3.83. The van der Waals surface area contributed by atoms with Crippen LogP contribution in [0.5, 0.6) is 0 Å². The first-order valence-electron chi connectivity index (χ1n) is 9.93. The van der Waals surface area contributed by atoms with Gasteiger partial charge in [-0.15, -0.1) is 0 Å². The second kappa shape index (κ2) is 7.64. The van der Waals surface area contributed by atoms with Gasteiger partial charge in [0.15, 0.2) is 0 Å². The number of hydrogen-bond acceptors (Lipinski definition) is 6. The van der Waals surface area contributed by atoms with Gasteiger partial charge >= 0.3 is 0 Å². The van der Waals surface area contributed by atoms with Gasteiger partial charge in [-0.3, -0.25) is 0 Å². The van der Waals surface area contributed by atoms with E-state index >= 15 is 0 Å². The maximum atomic E-state index is 5.75. The number of benzene rings is 2. The number of aryl methyl sites for hydroxylation is 1. The molecule has 0 radical (unpaired) electrons. The molecular formula is C23H22N4O2. The first-order valence-corrected chi connectivity index (χ1v) is 9.93. The Hall–Kier alpha value is -3.25. The minimum absolute atomic E-state index is 0.212. The molecule has 1 saturated heterocycles. The van der Waals surface area contributed by atoms with Crippen LogP contribution in [0.3, 0.4) is 0 Å². The zero-order chi connectivity index (χ0) is 19.6. The highest BCUT2D eigenvalue weighted by Crippen LogP contribution is 2.30. The van der Waals surface area contributed by atoms with Crippen molar-refractivity contribution in [3.8, 4) is 22.8 Å². The van der Waals surface area contributed by atoms with Gasteiger partial charge in [0.1, 0.15) is 5.82 Å². The van der Waals surface area contributed by atoms with E-state index in [2.05, 4.69) is 40.6 Å². The summed E-state index contributed by atoms with van der Waals surface area (Å²) in [4.78, 5) is 9.48. The van der Waals surface area contributed by atoms with Crippen LogP contribution >= 0.6 is 0 Å². The lowest BCUT2D eigenvalue weighted by Gasteiger charge is -2.14. The predicted octanol–water partition coefficient (Wildman–Crippen LogP) is 4.85. The molecule has 1 atom stereocenters. The maximum Gasteiger partial charge on any atom is 0.258 e. The Labute approximate surface area is 168 Å². The smallest absolute Gasteiger partial charge is 0.258 e. The molecule has 146 valence electrons. The molecule has 4 aromatic rings. The Kier molecular flexibility index (Phi) is 4.69. The summed E-state index contributed by atoms with van der Waals surface area (Å²) in [6, 6.07) is 18.1. The van der Waals surface area contributed by atoms with Crippen LogP contribution in [-0.4, -0.2) is 34.4 Å². The highest BCUT2D eigenvalue weighted by molar-refractivity contribution is 5.88. The van der Waals surface area contributed by atoms with E-state index in [1.807, 2.05) is 36.4 Å². The Bertz CT molecular complexity index is 1130. The minimum atomic E-state index is 0.212. The van der Waals surface area contributed by atoms with Crippen molar-refractivity contribution in [1.82, 2.24) is 15.1 Å². The van der Waals surface area contributed by atoms with Crippen LogP contribution in [0.2, 0.25) is 0 Å². The van der Waals surface area contributed by atoms with Gasteiger partial charge in [0.05, 0.1) is 17.2 Å². The zero-order valence-electron chi connectivity index (χ0n) is 16.3. The largest absolute Gasteiger partial charge is 0.376 e. The molecule has 6 nitrogen and oxygen atoms in total. The van der Waals surface area contributed by atoms with E-state index < -0.39 is 0 Å². The number of rotatable bonds is 5. The standard InChI is InChI=1S/C23H22N4O2/c1-15-9-10-20-17(12-15)13-19(21(25-20)24-14-18-8-5-11-28-18)22-26-23(29-27-22)16-6-3-2-4-7-16/h2-4,6-7,9-10,12-13,18H,5,8,11,14H2,1H3,(H,24,25)/t18-/m0/s1. The van der Waals surface area contributed by atoms with Crippen molar-refractivity contribution in [2.45, 2.75) is 25.9 Å². The number of aromatic nitrogens is 3. The lowest BCUT2D eigenvalue weighted by Crippen LogP contribution is -2.19. The Morgan fingerprint density at radius 2 is 1.97 bits per heavy atom. The predicted molar refractivity (Wildman–Crippen MR) is 113 cm³/mol. The molecule has 1 N–H and O–H groups in total. The Morgan fingerprint density at radius 1 is 1.07 bits per heavy atom. The number of ether oxygens (including phenoxy) is 1. The van der Waals surface area contributed by atoms with Gasteiger partial charge in [0, 0.05) is 24.1 Å². The third-order valence-electron chi connectivity index (χ3n) is 5.18. The number of nitrogens with zero attached hydrogens (tertiary/aromatic N) is 3. The van der Waals surface area contributed by atoms with Crippen LogP contribution in [0.4, 0.5) is 5.82 Å². The molecule has 1 aliphatic rings. The SMILES string of the molecule is Cc1ccc2nc(NC[C@@H]3CCCO3)c(-c3noc(-c4ccccc4)n3)cc2c1. The minimum Gasteiger partial charge on any atom is -0.376 e. The Balaban J connectivity index is 1.55. The maximum absolute atomic E-state index is 5.75. The second-order valence-electron chi connectivity index (χ2n) is 7.39. The fourth-order valence-corrected chi connectivity index (χ4v) is 3.65. The molecule has 1 fully saturated rings. The van der Waals surface area contributed by atoms with Gasteiger partial charge in [-0.1, -0.05) is 35.0 Å². The number of hydrogen-bond donors (Lipinski definition) is 1. The van der Waals surface area contributed by atoms with E-state index in [0.717, 1.165) is 47.3 Å². The molecule has 0 unspecified atom stereocenters. The van der Waals surface area contributed by atoms with Gasteiger partial charge in [0.25, 0.3) is 5.89 Å². The van der Waals surface area contributed by atoms with Crippen LogP contribution in [0, 0.1) is 6.92 Å². The molecule has 29 heavy (non-hydrogen) atoms. The van der Waals surface area contributed by atoms with Gasteiger partial charge in [0.2, 0.25) is 5.82 Å². The van der Waals surface area contributed by atoms with Crippen LogP contribution in [0.15, 0.2) is 59.1 Å². The van der Waals surface area contributed by atoms with Gasteiger partial charge in [-0.25, -0.2) is 4.98 Å². The lowest BCUT2D eigenvalue weighted by atomic mass is 10.1. The summed E-state index contributed by atoms with van der Waals surface area (Å²) in [5.74, 6) is 1.77. The third kappa shape index (κ3) is 3.71. The number of pyridine rings is 1. The molecule has 1 aliphatic heterocycles. The molecule has 3 heterocycles. The lowest BCUT2D eigenvalue weighted by molar-refractivity contribution is 0.120. The molecule has 2 aromatic carbocycles. The fourth-order valence-electron chi connectivity index (χ4n) is 3.65. The van der Waals surface area contributed by atoms with Crippen LogP contribution in [-0.2, 0) is 4.74 Å². The first-order chi connectivity index (χ1) is 14.3. The molecule has 0 amide bonds. The number of anilines is 1. The molecule has 0 spiro atoms. The quantitative estimate of drug-likeness (QED) is 0.528. The number of fused-ring (bicyclic) bond motifs is 1. The second-order valence-corrected chi connectivity index (χ2v) is 7.39. The highest BCUT2D eigenvalue weighted by atomic mass is 16.5. The summed E-state index contributed by atoms with van der Waals surface area (Å²) in [7, 11) is 0. The van der Waals surface area contributed by atoms with Gasteiger partial charge < -0.3 is 14.6 Å². The van der Waals surface area contributed by atoms with Crippen molar-refractivity contribution < 1.29 is 9.26 Å². The van der Waals surface area contributed by atoms with Crippen molar-refractivity contribution in [2.24, 2.45) is 0 Å². The monoisotopic (exact) mass is 386 g/mol. The van der Waals surface area contributed by atoms with E-state index in [4.69, 9.17) is 14.2 Å². The van der Waals surface area contributed by atoms with E-state index in [1.54, 1.807) is 0 Å². The summed E-state index contributed by atoms with van der Waals surface area (Å²) in [6.45, 7) is 3.61.